The van der Waals surface area contributed by atoms with Gasteiger partial charge in [0, 0.05) is 18.6 Å². The minimum Gasteiger partial charge on any atom is -0.285 e. The number of fused-ring (bicyclic) bond motifs is 3. The van der Waals surface area contributed by atoms with Crippen LogP contribution in [-0.2, 0) is 0 Å². The SMILES string of the molecule is CCC[C@@H]1CC2CCCCN2C2CCCN21. The fourth-order valence-electron chi connectivity index (χ4n) is 4.29. The molecule has 3 aliphatic rings. The summed E-state index contributed by atoms with van der Waals surface area (Å²) in [5.41, 5.74) is 0. The molecule has 0 aromatic rings. The largest absolute Gasteiger partial charge is 0.285 e. The molecule has 0 aromatic heterocycles. The molecule has 92 valence electrons. The predicted molar refractivity (Wildman–Crippen MR) is 67.4 cm³/mol. The van der Waals surface area contributed by atoms with Gasteiger partial charge in [-0.1, -0.05) is 19.8 Å². The summed E-state index contributed by atoms with van der Waals surface area (Å²) in [6, 6.07) is 1.85. The standard InChI is InChI=1S/C14H26N2/c1-2-6-12-11-13-7-3-4-9-15(13)14-8-5-10-16(12)14/h12-14H,2-11H2,1H3/t12-,13?,14?/m1/s1. The molecule has 3 rings (SSSR count). The van der Waals surface area contributed by atoms with Gasteiger partial charge < -0.3 is 0 Å². The van der Waals surface area contributed by atoms with Crippen LogP contribution < -0.4 is 0 Å². The van der Waals surface area contributed by atoms with Crippen LogP contribution in [0.2, 0.25) is 0 Å². The zero-order valence-electron chi connectivity index (χ0n) is 10.7. The van der Waals surface area contributed by atoms with Crippen LogP contribution in [0, 0.1) is 0 Å². The minimum atomic E-state index is 0.829. The highest BCUT2D eigenvalue weighted by atomic mass is 15.4. The fraction of sp³-hybridized carbons (Fsp3) is 1.00. The molecule has 2 heteroatoms. The summed E-state index contributed by atoms with van der Waals surface area (Å²) in [7, 11) is 0. The number of rotatable bonds is 2. The second-order valence-corrected chi connectivity index (χ2v) is 5.93. The summed E-state index contributed by atoms with van der Waals surface area (Å²) in [6.45, 7) is 5.10. The minimum absolute atomic E-state index is 0.829. The van der Waals surface area contributed by atoms with Crippen LogP contribution in [0.25, 0.3) is 0 Å². The molecule has 3 atom stereocenters. The van der Waals surface area contributed by atoms with Crippen molar-refractivity contribution in [2.24, 2.45) is 0 Å². The summed E-state index contributed by atoms with van der Waals surface area (Å²) in [6.07, 6.45) is 12.4. The first-order chi connectivity index (χ1) is 7.90. The van der Waals surface area contributed by atoms with Crippen molar-refractivity contribution in [2.75, 3.05) is 13.1 Å². The van der Waals surface area contributed by atoms with Gasteiger partial charge in [0.1, 0.15) is 0 Å². The maximum atomic E-state index is 2.85. The Morgan fingerprint density at radius 3 is 2.75 bits per heavy atom. The first kappa shape index (κ1) is 11.0. The normalized spacial score (nSPS) is 40.7. The average Bonchev–Trinajstić information content (AvgIpc) is 2.79. The Bertz CT molecular complexity index is 241. The van der Waals surface area contributed by atoms with Crippen molar-refractivity contribution in [1.82, 2.24) is 9.80 Å². The second kappa shape index (κ2) is 4.66. The third-order valence-electron chi connectivity index (χ3n) is 4.95. The molecular weight excluding hydrogens is 196 g/mol. The van der Waals surface area contributed by atoms with Crippen LogP contribution in [0.3, 0.4) is 0 Å². The van der Waals surface area contributed by atoms with Crippen molar-refractivity contribution in [3.05, 3.63) is 0 Å². The van der Waals surface area contributed by atoms with Crippen molar-refractivity contribution < 1.29 is 0 Å². The summed E-state index contributed by atoms with van der Waals surface area (Å²) < 4.78 is 0. The molecule has 0 radical (unpaired) electrons. The topological polar surface area (TPSA) is 6.48 Å². The molecule has 16 heavy (non-hydrogen) atoms. The molecule has 0 amide bonds. The van der Waals surface area contributed by atoms with E-state index in [-0.39, 0.29) is 0 Å². The van der Waals surface area contributed by atoms with Gasteiger partial charge in [-0.15, -0.1) is 0 Å². The van der Waals surface area contributed by atoms with Crippen molar-refractivity contribution >= 4 is 0 Å². The van der Waals surface area contributed by atoms with Crippen LogP contribution >= 0.6 is 0 Å². The lowest BCUT2D eigenvalue weighted by molar-refractivity contribution is -0.0607. The molecule has 0 spiro atoms. The number of nitrogens with zero attached hydrogens (tertiary/aromatic N) is 2. The molecule has 2 nitrogen and oxygen atoms in total. The van der Waals surface area contributed by atoms with Gasteiger partial charge in [0.2, 0.25) is 0 Å². The molecule has 3 saturated heterocycles. The number of hydrogen-bond acceptors (Lipinski definition) is 2. The summed E-state index contributed by atoms with van der Waals surface area (Å²) in [5.74, 6) is 0. The molecule has 2 unspecified atom stereocenters. The Balaban J connectivity index is 1.75. The highest BCUT2D eigenvalue weighted by Crippen LogP contribution is 2.37. The van der Waals surface area contributed by atoms with Crippen LogP contribution in [-0.4, -0.2) is 41.1 Å². The van der Waals surface area contributed by atoms with Gasteiger partial charge in [-0.2, -0.15) is 0 Å². The fourth-order valence-corrected chi connectivity index (χ4v) is 4.29. The van der Waals surface area contributed by atoms with Crippen LogP contribution in [0.1, 0.15) is 58.3 Å². The molecule has 0 saturated carbocycles. The van der Waals surface area contributed by atoms with E-state index in [0.29, 0.717) is 0 Å². The lowest BCUT2D eigenvalue weighted by atomic mass is 9.89. The van der Waals surface area contributed by atoms with Crippen molar-refractivity contribution in [1.29, 1.82) is 0 Å². The number of hydrogen-bond donors (Lipinski definition) is 0. The van der Waals surface area contributed by atoms with Gasteiger partial charge in [-0.3, -0.25) is 9.80 Å². The van der Waals surface area contributed by atoms with Gasteiger partial charge in [0.15, 0.2) is 0 Å². The number of piperidine rings is 1. The zero-order valence-corrected chi connectivity index (χ0v) is 10.7. The quantitative estimate of drug-likeness (QED) is 0.709. The van der Waals surface area contributed by atoms with Gasteiger partial charge in [-0.05, 0) is 45.1 Å². The smallest absolute Gasteiger partial charge is 0.0627 e. The van der Waals surface area contributed by atoms with Gasteiger partial charge in [0.25, 0.3) is 0 Å². The van der Waals surface area contributed by atoms with Gasteiger partial charge >= 0.3 is 0 Å². The third-order valence-corrected chi connectivity index (χ3v) is 4.95. The highest BCUT2D eigenvalue weighted by Gasteiger charge is 2.43. The van der Waals surface area contributed by atoms with E-state index >= 15 is 0 Å². The zero-order chi connectivity index (χ0) is 11.0. The van der Waals surface area contributed by atoms with Crippen LogP contribution in [0.5, 0.6) is 0 Å². The summed E-state index contributed by atoms with van der Waals surface area (Å²) in [5, 5.41) is 0. The maximum Gasteiger partial charge on any atom is 0.0627 e. The molecule has 0 N–H and O–H groups in total. The molecule has 3 heterocycles. The van der Waals surface area contributed by atoms with E-state index in [1.54, 1.807) is 0 Å². The molecule has 0 aromatic carbocycles. The van der Waals surface area contributed by atoms with E-state index in [0.717, 1.165) is 18.2 Å². The third kappa shape index (κ3) is 1.80. The van der Waals surface area contributed by atoms with Gasteiger partial charge in [-0.25, -0.2) is 0 Å². The average molecular weight is 222 g/mol. The molecular formula is C14H26N2. The van der Waals surface area contributed by atoms with Crippen LogP contribution in [0.15, 0.2) is 0 Å². The molecule has 0 aliphatic carbocycles. The lowest BCUT2D eigenvalue weighted by Crippen LogP contribution is -2.60. The van der Waals surface area contributed by atoms with E-state index in [4.69, 9.17) is 0 Å². The maximum absolute atomic E-state index is 2.85. The Morgan fingerprint density at radius 2 is 1.88 bits per heavy atom. The summed E-state index contributed by atoms with van der Waals surface area (Å²) in [4.78, 5) is 5.69. The monoisotopic (exact) mass is 222 g/mol. The van der Waals surface area contributed by atoms with Crippen molar-refractivity contribution in [2.45, 2.75) is 76.5 Å². The lowest BCUT2D eigenvalue weighted by Gasteiger charge is -2.51. The van der Waals surface area contributed by atoms with E-state index in [9.17, 15) is 0 Å². The molecule has 0 bridgehead atoms. The van der Waals surface area contributed by atoms with Gasteiger partial charge in [0.05, 0.1) is 6.17 Å². The van der Waals surface area contributed by atoms with Crippen molar-refractivity contribution in [3.8, 4) is 0 Å². The first-order valence-corrected chi connectivity index (χ1v) is 7.41. The second-order valence-electron chi connectivity index (χ2n) is 5.93. The van der Waals surface area contributed by atoms with Crippen LogP contribution in [0.4, 0.5) is 0 Å². The van der Waals surface area contributed by atoms with E-state index in [1.165, 1.54) is 64.5 Å². The summed E-state index contributed by atoms with van der Waals surface area (Å²) >= 11 is 0. The van der Waals surface area contributed by atoms with E-state index < -0.39 is 0 Å². The first-order valence-electron chi connectivity index (χ1n) is 7.41. The van der Waals surface area contributed by atoms with E-state index in [1.807, 2.05) is 0 Å². The van der Waals surface area contributed by atoms with Crippen molar-refractivity contribution in [3.63, 3.8) is 0 Å². The Labute approximate surface area is 100.0 Å². The Morgan fingerprint density at radius 1 is 1.00 bits per heavy atom. The predicted octanol–water partition coefficient (Wildman–Crippen LogP) is 2.84. The Hall–Kier alpha value is -0.0800. The molecule has 3 aliphatic heterocycles. The van der Waals surface area contributed by atoms with E-state index in [2.05, 4.69) is 16.7 Å². The molecule has 3 fully saturated rings. The Kier molecular flexibility index (Phi) is 3.21. The highest BCUT2D eigenvalue weighted by molar-refractivity contribution is 4.96.